The monoisotopic (exact) mass is 466 g/mol. The Morgan fingerprint density at radius 2 is 1.83 bits per heavy atom. The molecule has 8 heteroatoms. The highest BCUT2D eigenvalue weighted by molar-refractivity contribution is 7.90. The first-order valence-corrected chi connectivity index (χ1v) is 12.2. The molecule has 5 nitrogen and oxygen atoms in total. The van der Waals surface area contributed by atoms with Gasteiger partial charge in [0.05, 0.1) is 5.75 Å². The number of halogens is 2. The van der Waals surface area contributed by atoms with Crippen molar-refractivity contribution >= 4 is 50.0 Å². The van der Waals surface area contributed by atoms with Crippen molar-refractivity contribution in [2.75, 3.05) is 5.75 Å². The van der Waals surface area contributed by atoms with Gasteiger partial charge < -0.3 is 4.57 Å². The average molecular weight is 467 g/mol. The van der Waals surface area contributed by atoms with Gasteiger partial charge in [-0.25, -0.2) is 13.1 Å². The van der Waals surface area contributed by atoms with E-state index < -0.39 is 15.9 Å². The molecule has 0 spiro atoms. The smallest absolute Gasteiger partial charge is 0.264 e. The van der Waals surface area contributed by atoms with Crippen LogP contribution in [0.25, 0.3) is 10.9 Å². The number of aryl methyl sites for hydroxylation is 1. The lowest BCUT2D eigenvalue weighted by atomic mass is 10.1. The van der Waals surface area contributed by atoms with Gasteiger partial charge in [0.1, 0.15) is 0 Å². The number of benzene rings is 2. The molecule has 0 aliphatic heterocycles. The van der Waals surface area contributed by atoms with Crippen molar-refractivity contribution in [2.45, 2.75) is 39.7 Å². The number of sulfonamides is 1. The second-order valence-corrected chi connectivity index (χ2v) is 10.0. The maximum Gasteiger partial charge on any atom is 0.264 e. The average Bonchev–Trinajstić information content (AvgIpc) is 2.98. The Morgan fingerprint density at radius 3 is 2.53 bits per heavy atom. The molecule has 0 saturated carbocycles. The van der Waals surface area contributed by atoms with Gasteiger partial charge in [0.25, 0.3) is 5.91 Å². The van der Waals surface area contributed by atoms with E-state index in [1.807, 2.05) is 36.6 Å². The molecule has 1 aromatic heterocycles. The number of nitrogens with one attached hydrogen (secondary N) is 1. The molecule has 1 amide bonds. The zero-order chi connectivity index (χ0) is 21.9. The highest BCUT2D eigenvalue weighted by Crippen LogP contribution is 2.26. The Kier molecular flexibility index (Phi) is 7.11. The van der Waals surface area contributed by atoms with E-state index in [1.165, 1.54) is 0 Å². The largest absolute Gasteiger partial charge is 0.340 e. The first kappa shape index (κ1) is 22.7. The summed E-state index contributed by atoms with van der Waals surface area (Å²) in [5.74, 6) is -0.678. The molecule has 30 heavy (non-hydrogen) atoms. The Balaban J connectivity index is 1.88. The molecule has 3 rings (SSSR count). The van der Waals surface area contributed by atoms with Crippen LogP contribution in [-0.2, 0) is 16.6 Å². The Hall–Kier alpha value is -2.02. The summed E-state index contributed by atoms with van der Waals surface area (Å²) < 4.78 is 28.5. The van der Waals surface area contributed by atoms with Gasteiger partial charge in [0.15, 0.2) is 0 Å². The second kappa shape index (κ2) is 9.41. The summed E-state index contributed by atoms with van der Waals surface area (Å²) >= 11 is 12.3. The van der Waals surface area contributed by atoms with Crippen LogP contribution in [0.15, 0.2) is 42.5 Å². The number of carbonyl (C=O) groups is 1. The van der Waals surface area contributed by atoms with Crippen LogP contribution >= 0.6 is 23.2 Å². The normalized spacial score (nSPS) is 11.7. The molecule has 0 radical (unpaired) electrons. The fourth-order valence-corrected chi connectivity index (χ4v) is 4.91. The molecule has 160 valence electrons. The lowest BCUT2D eigenvalue weighted by Gasteiger charge is -2.11. The fourth-order valence-electron chi connectivity index (χ4n) is 3.36. The second-order valence-electron chi connectivity index (χ2n) is 7.34. The number of hydrogen-bond acceptors (Lipinski definition) is 3. The Labute approximate surface area is 187 Å². The van der Waals surface area contributed by atoms with Crippen molar-refractivity contribution in [1.82, 2.24) is 9.29 Å². The Bertz CT molecular complexity index is 1190. The minimum atomic E-state index is -3.65. The lowest BCUT2D eigenvalue weighted by molar-refractivity contribution is 0.0981. The molecule has 0 aliphatic carbocycles. The first-order valence-electron chi connectivity index (χ1n) is 9.79. The van der Waals surface area contributed by atoms with Crippen LogP contribution in [0, 0.1) is 6.92 Å². The minimum Gasteiger partial charge on any atom is -0.340 e. The highest BCUT2D eigenvalue weighted by Gasteiger charge is 2.17. The summed E-state index contributed by atoms with van der Waals surface area (Å²) in [5.41, 5.74) is 3.02. The summed E-state index contributed by atoms with van der Waals surface area (Å²) in [6.45, 7) is 4.47. The summed E-state index contributed by atoms with van der Waals surface area (Å²) in [4.78, 5) is 12.6. The van der Waals surface area contributed by atoms with E-state index in [2.05, 4.69) is 4.72 Å². The SMILES string of the molecule is CCCCCS(=O)(=O)NC(=O)c1ccc2cc(C)n(Cc3ccc(Cl)cc3Cl)c2c1. The van der Waals surface area contributed by atoms with Crippen LogP contribution < -0.4 is 4.72 Å². The van der Waals surface area contributed by atoms with Gasteiger partial charge in [-0.1, -0.05) is 55.1 Å². The molecular formula is C22H24Cl2N2O3S. The van der Waals surface area contributed by atoms with E-state index in [9.17, 15) is 13.2 Å². The van der Waals surface area contributed by atoms with Crippen molar-refractivity contribution in [3.05, 3.63) is 69.3 Å². The van der Waals surface area contributed by atoms with Crippen molar-refractivity contribution < 1.29 is 13.2 Å². The molecule has 0 bridgehead atoms. The van der Waals surface area contributed by atoms with Crippen LogP contribution in [0.2, 0.25) is 10.0 Å². The molecule has 0 atom stereocenters. The predicted octanol–water partition coefficient (Wildman–Crippen LogP) is 5.55. The van der Waals surface area contributed by atoms with Gasteiger partial charge in [-0.05, 0) is 54.6 Å². The van der Waals surface area contributed by atoms with Gasteiger partial charge in [-0.15, -0.1) is 0 Å². The third kappa shape index (κ3) is 5.36. The Morgan fingerprint density at radius 1 is 1.07 bits per heavy atom. The number of rotatable bonds is 8. The van der Waals surface area contributed by atoms with Crippen molar-refractivity contribution in [2.24, 2.45) is 0 Å². The zero-order valence-corrected chi connectivity index (χ0v) is 19.2. The topological polar surface area (TPSA) is 68.2 Å². The van der Waals surface area contributed by atoms with Crippen LogP contribution in [0.4, 0.5) is 0 Å². The molecule has 0 fully saturated rings. The lowest BCUT2D eigenvalue weighted by Crippen LogP contribution is -2.32. The van der Waals surface area contributed by atoms with Crippen LogP contribution in [0.3, 0.4) is 0 Å². The molecule has 0 aliphatic rings. The van der Waals surface area contributed by atoms with Gasteiger partial charge in [0.2, 0.25) is 10.0 Å². The molecule has 1 heterocycles. The number of unbranched alkanes of at least 4 members (excludes halogenated alkanes) is 2. The molecule has 0 unspecified atom stereocenters. The standard InChI is InChI=1S/C22H24Cl2N2O3S/c1-3-4-5-10-30(28,29)25-22(27)17-7-6-16-11-15(2)26(21(16)12-17)14-18-8-9-19(23)13-20(18)24/h6-9,11-13H,3-5,10,14H2,1-2H3,(H,25,27). The quantitative estimate of drug-likeness (QED) is 0.442. The first-order chi connectivity index (χ1) is 14.2. The number of nitrogens with zero attached hydrogens (tertiary/aromatic N) is 1. The van der Waals surface area contributed by atoms with E-state index in [1.54, 1.807) is 24.3 Å². The van der Waals surface area contributed by atoms with Crippen LogP contribution in [0.5, 0.6) is 0 Å². The molecule has 2 aromatic carbocycles. The minimum absolute atomic E-state index is 0.0562. The van der Waals surface area contributed by atoms with Gasteiger partial charge >= 0.3 is 0 Å². The highest BCUT2D eigenvalue weighted by atomic mass is 35.5. The number of hydrogen-bond donors (Lipinski definition) is 1. The van der Waals surface area contributed by atoms with Gasteiger partial charge in [-0.3, -0.25) is 4.79 Å². The third-order valence-electron chi connectivity index (χ3n) is 4.98. The van der Waals surface area contributed by atoms with E-state index in [-0.39, 0.29) is 5.75 Å². The number of aromatic nitrogens is 1. The van der Waals surface area contributed by atoms with E-state index in [4.69, 9.17) is 23.2 Å². The summed E-state index contributed by atoms with van der Waals surface area (Å²) in [7, 11) is -3.65. The number of carbonyl (C=O) groups excluding carboxylic acids is 1. The summed E-state index contributed by atoms with van der Waals surface area (Å²) in [5, 5.41) is 2.09. The zero-order valence-electron chi connectivity index (χ0n) is 16.9. The summed E-state index contributed by atoms with van der Waals surface area (Å²) in [6.07, 6.45) is 2.25. The van der Waals surface area contributed by atoms with E-state index >= 15 is 0 Å². The maximum atomic E-state index is 12.6. The third-order valence-corrected chi connectivity index (χ3v) is 6.89. The molecule has 1 N–H and O–H groups in total. The molecular weight excluding hydrogens is 443 g/mol. The van der Waals surface area contributed by atoms with Crippen molar-refractivity contribution in [3.63, 3.8) is 0 Å². The number of amides is 1. The van der Waals surface area contributed by atoms with Crippen molar-refractivity contribution in [1.29, 1.82) is 0 Å². The van der Waals surface area contributed by atoms with Crippen LogP contribution in [0.1, 0.15) is 47.8 Å². The number of fused-ring (bicyclic) bond motifs is 1. The maximum absolute atomic E-state index is 12.6. The van der Waals surface area contributed by atoms with E-state index in [0.29, 0.717) is 28.6 Å². The van der Waals surface area contributed by atoms with Gasteiger partial charge in [-0.2, -0.15) is 0 Å². The van der Waals surface area contributed by atoms with Crippen LogP contribution in [-0.4, -0.2) is 24.6 Å². The van der Waals surface area contributed by atoms with E-state index in [0.717, 1.165) is 35.0 Å². The predicted molar refractivity (Wildman–Crippen MR) is 123 cm³/mol. The fraction of sp³-hybridized carbons (Fsp3) is 0.318. The molecule has 0 saturated heterocycles. The summed E-state index contributed by atoms with van der Waals surface area (Å²) in [6, 6.07) is 12.5. The van der Waals surface area contributed by atoms with Gasteiger partial charge in [0, 0.05) is 33.4 Å². The molecule has 3 aromatic rings. The van der Waals surface area contributed by atoms with Crippen molar-refractivity contribution in [3.8, 4) is 0 Å².